The smallest absolute Gasteiger partial charge is 0.333 e. The van der Waals surface area contributed by atoms with E-state index in [0.717, 1.165) is 6.26 Å². The average molecular weight is 306 g/mol. The number of carbonyl (C=O) groups is 1. The number of hydrogen-bond donors (Lipinski definition) is 0. The van der Waals surface area contributed by atoms with Gasteiger partial charge in [-0.3, -0.25) is 4.18 Å². The zero-order chi connectivity index (χ0) is 15.1. The van der Waals surface area contributed by atoms with Crippen molar-refractivity contribution in [3.63, 3.8) is 0 Å². The van der Waals surface area contributed by atoms with Crippen molar-refractivity contribution in [3.8, 4) is 0 Å². The number of fused-ring (bicyclic) bond motifs is 1. The fourth-order valence-electron chi connectivity index (χ4n) is 2.43. The second-order valence-electron chi connectivity index (χ2n) is 5.29. The van der Waals surface area contributed by atoms with Crippen molar-refractivity contribution in [2.45, 2.75) is 44.4 Å². The molecule has 8 heteroatoms. The second-order valence-corrected chi connectivity index (χ2v) is 6.89. The maximum absolute atomic E-state index is 11.6. The Morgan fingerprint density at radius 2 is 2.05 bits per heavy atom. The molecule has 1 saturated heterocycles. The van der Waals surface area contributed by atoms with Gasteiger partial charge in [0.1, 0.15) is 18.3 Å². The molecule has 1 aliphatic carbocycles. The Morgan fingerprint density at radius 3 is 2.60 bits per heavy atom. The van der Waals surface area contributed by atoms with Gasteiger partial charge in [0.25, 0.3) is 10.1 Å². The number of esters is 1. The molecule has 0 aromatic heterocycles. The van der Waals surface area contributed by atoms with E-state index in [4.69, 9.17) is 13.7 Å². The maximum atomic E-state index is 11.6. The Kier molecular flexibility index (Phi) is 3.94. The molecule has 0 unspecified atom stereocenters. The number of hydrogen-bond acceptors (Lipinski definition) is 7. The van der Waals surface area contributed by atoms with Crippen LogP contribution in [0.25, 0.3) is 0 Å². The molecule has 0 N–H and O–H groups in total. The Balaban J connectivity index is 2.29. The summed E-state index contributed by atoms with van der Waals surface area (Å²) in [6, 6.07) is 0. The van der Waals surface area contributed by atoms with Crippen molar-refractivity contribution in [1.29, 1.82) is 0 Å². The molecular weight excluding hydrogens is 288 g/mol. The van der Waals surface area contributed by atoms with E-state index in [0.29, 0.717) is 5.57 Å². The van der Waals surface area contributed by atoms with Gasteiger partial charge < -0.3 is 14.2 Å². The van der Waals surface area contributed by atoms with Crippen LogP contribution in [0.15, 0.2) is 11.6 Å². The van der Waals surface area contributed by atoms with Gasteiger partial charge in [-0.05, 0) is 19.9 Å². The van der Waals surface area contributed by atoms with Crippen LogP contribution in [0.3, 0.4) is 0 Å². The summed E-state index contributed by atoms with van der Waals surface area (Å²) in [7, 11) is -2.41. The second kappa shape index (κ2) is 5.10. The largest absolute Gasteiger partial charge is 0.466 e. The molecule has 0 amide bonds. The molecule has 0 radical (unpaired) electrons. The fraction of sp³-hybridized carbons (Fsp3) is 0.750. The van der Waals surface area contributed by atoms with E-state index < -0.39 is 40.2 Å². The lowest BCUT2D eigenvalue weighted by atomic mass is 9.92. The van der Waals surface area contributed by atoms with Gasteiger partial charge >= 0.3 is 5.97 Å². The highest BCUT2D eigenvalue weighted by Gasteiger charge is 2.49. The highest BCUT2D eigenvalue weighted by atomic mass is 32.2. The van der Waals surface area contributed by atoms with Gasteiger partial charge in [-0.2, -0.15) is 8.42 Å². The lowest BCUT2D eigenvalue weighted by Gasteiger charge is -2.29. The topological polar surface area (TPSA) is 88.1 Å². The van der Waals surface area contributed by atoms with Crippen molar-refractivity contribution in [2.24, 2.45) is 0 Å². The Morgan fingerprint density at radius 1 is 1.40 bits per heavy atom. The van der Waals surface area contributed by atoms with Crippen LogP contribution in [-0.4, -0.2) is 51.9 Å². The summed E-state index contributed by atoms with van der Waals surface area (Å²) in [6.07, 6.45) is 0.732. The lowest BCUT2D eigenvalue weighted by molar-refractivity contribution is -0.150. The third-order valence-electron chi connectivity index (χ3n) is 3.06. The quantitative estimate of drug-likeness (QED) is 0.549. The van der Waals surface area contributed by atoms with Crippen LogP contribution in [0.5, 0.6) is 0 Å². The van der Waals surface area contributed by atoms with E-state index in [9.17, 15) is 13.2 Å². The molecular formula is C12H18O7S. The molecule has 7 nitrogen and oxygen atoms in total. The number of ether oxygens (including phenoxy) is 3. The van der Waals surface area contributed by atoms with Crippen molar-refractivity contribution >= 4 is 16.1 Å². The standard InChI is InChI=1S/C12H18O7S/c1-12(2)17-8-5-7(11(13)16-3)6-9(10(8)18-12)19-20(4,14)15/h5,8-10H,6H2,1-4H3/t8-,9+,10-/m1/s1. The van der Waals surface area contributed by atoms with Gasteiger partial charge in [-0.1, -0.05) is 0 Å². The third-order valence-corrected chi connectivity index (χ3v) is 3.66. The van der Waals surface area contributed by atoms with E-state index in [1.54, 1.807) is 19.9 Å². The van der Waals surface area contributed by atoms with Crippen molar-refractivity contribution < 1.29 is 31.6 Å². The van der Waals surface area contributed by atoms with Crippen LogP contribution in [0.1, 0.15) is 20.3 Å². The molecule has 1 heterocycles. The van der Waals surface area contributed by atoms with E-state index >= 15 is 0 Å². The van der Waals surface area contributed by atoms with Crippen LogP contribution < -0.4 is 0 Å². The first-order valence-corrected chi connectivity index (χ1v) is 7.96. The SMILES string of the molecule is COC(=O)C1=C[C@H]2OC(C)(C)O[C@H]2[C@@H](OS(C)(=O)=O)C1. The molecule has 3 atom stereocenters. The molecule has 0 aromatic carbocycles. The minimum Gasteiger partial charge on any atom is -0.466 e. The minimum atomic E-state index is -3.67. The summed E-state index contributed by atoms with van der Waals surface area (Å²) in [6.45, 7) is 3.43. The minimum absolute atomic E-state index is 0.0976. The molecule has 20 heavy (non-hydrogen) atoms. The molecule has 1 aliphatic heterocycles. The number of methoxy groups -OCH3 is 1. The molecule has 2 aliphatic rings. The molecule has 114 valence electrons. The van der Waals surface area contributed by atoms with Gasteiger partial charge in [-0.15, -0.1) is 0 Å². The average Bonchev–Trinajstić information content (AvgIpc) is 2.60. The normalized spacial score (nSPS) is 32.4. The molecule has 2 rings (SSSR count). The molecule has 1 fully saturated rings. The van der Waals surface area contributed by atoms with E-state index in [2.05, 4.69) is 4.74 Å². The Labute approximate surface area is 118 Å². The summed E-state index contributed by atoms with van der Waals surface area (Å²) in [4.78, 5) is 11.6. The molecule has 0 aromatic rings. The van der Waals surface area contributed by atoms with Crippen LogP contribution in [0.4, 0.5) is 0 Å². The summed E-state index contributed by atoms with van der Waals surface area (Å²) in [5, 5.41) is 0. The molecule has 0 saturated carbocycles. The van der Waals surface area contributed by atoms with Gasteiger partial charge in [0.2, 0.25) is 0 Å². The Bertz CT molecular complexity index is 534. The summed E-state index contributed by atoms with van der Waals surface area (Å²) in [5.74, 6) is -1.39. The third kappa shape index (κ3) is 3.38. The van der Waals surface area contributed by atoms with E-state index in [1.807, 2.05) is 0 Å². The number of carbonyl (C=O) groups excluding carboxylic acids is 1. The first kappa shape index (κ1) is 15.4. The molecule has 0 spiro atoms. The van der Waals surface area contributed by atoms with Crippen LogP contribution in [0.2, 0.25) is 0 Å². The van der Waals surface area contributed by atoms with Crippen molar-refractivity contribution in [3.05, 3.63) is 11.6 Å². The van der Waals surface area contributed by atoms with Crippen LogP contribution in [-0.2, 0) is 33.3 Å². The van der Waals surface area contributed by atoms with Crippen LogP contribution >= 0.6 is 0 Å². The van der Waals surface area contributed by atoms with Gasteiger partial charge in [0.15, 0.2) is 5.79 Å². The zero-order valence-electron chi connectivity index (χ0n) is 11.8. The summed E-state index contributed by atoms with van der Waals surface area (Å²) in [5.41, 5.74) is 0.323. The first-order valence-electron chi connectivity index (χ1n) is 6.14. The molecule has 0 bridgehead atoms. The zero-order valence-corrected chi connectivity index (χ0v) is 12.6. The van der Waals surface area contributed by atoms with E-state index in [1.165, 1.54) is 7.11 Å². The monoisotopic (exact) mass is 306 g/mol. The summed E-state index contributed by atoms with van der Waals surface area (Å²) < 4.78 is 43.7. The highest BCUT2D eigenvalue weighted by Crippen LogP contribution is 2.37. The van der Waals surface area contributed by atoms with Crippen molar-refractivity contribution in [1.82, 2.24) is 0 Å². The van der Waals surface area contributed by atoms with Gasteiger partial charge in [0, 0.05) is 12.0 Å². The number of rotatable bonds is 3. The van der Waals surface area contributed by atoms with Crippen molar-refractivity contribution in [2.75, 3.05) is 13.4 Å². The fourth-order valence-corrected chi connectivity index (χ4v) is 3.06. The van der Waals surface area contributed by atoms with Gasteiger partial charge in [-0.25, -0.2) is 4.79 Å². The van der Waals surface area contributed by atoms with Gasteiger partial charge in [0.05, 0.1) is 13.4 Å². The summed E-state index contributed by atoms with van der Waals surface area (Å²) >= 11 is 0. The lowest BCUT2D eigenvalue weighted by Crippen LogP contribution is -2.42. The van der Waals surface area contributed by atoms with E-state index in [-0.39, 0.29) is 6.42 Å². The predicted octanol–water partition coefficient (Wildman–Crippen LogP) is 0.354. The predicted molar refractivity (Wildman–Crippen MR) is 68.3 cm³/mol. The first-order chi connectivity index (χ1) is 9.11. The van der Waals surface area contributed by atoms with Crippen LogP contribution in [0, 0.1) is 0 Å². The highest BCUT2D eigenvalue weighted by molar-refractivity contribution is 7.86. The Hall–Kier alpha value is -0.960. The maximum Gasteiger partial charge on any atom is 0.333 e.